The standard InChI is InChI=1S/C16H15N3O/c1-20-16-4-2-3-13-14(16)7-8-15(13)19-12-6-5-11(9-17)18-10-12/h2-6,10,15,19H,7-8H2,1H3/t15-/m1/s1. The third-order valence-electron chi connectivity index (χ3n) is 3.67. The summed E-state index contributed by atoms with van der Waals surface area (Å²) in [5, 5.41) is 12.2. The van der Waals surface area contributed by atoms with Crippen LogP contribution in [0.25, 0.3) is 0 Å². The van der Waals surface area contributed by atoms with Crippen LogP contribution in [0.2, 0.25) is 0 Å². The maximum Gasteiger partial charge on any atom is 0.140 e. The number of aromatic nitrogens is 1. The summed E-state index contributed by atoms with van der Waals surface area (Å²) in [6, 6.07) is 12.1. The van der Waals surface area contributed by atoms with Gasteiger partial charge in [-0.3, -0.25) is 0 Å². The number of methoxy groups -OCH3 is 1. The van der Waals surface area contributed by atoms with E-state index in [-0.39, 0.29) is 6.04 Å². The van der Waals surface area contributed by atoms with E-state index in [1.807, 2.05) is 24.3 Å². The molecular weight excluding hydrogens is 250 g/mol. The van der Waals surface area contributed by atoms with E-state index in [9.17, 15) is 0 Å². The van der Waals surface area contributed by atoms with E-state index in [2.05, 4.69) is 16.4 Å². The average Bonchev–Trinajstić information content (AvgIpc) is 2.91. The van der Waals surface area contributed by atoms with Crippen LogP contribution in [0.4, 0.5) is 5.69 Å². The number of rotatable bonds is 3. The number of nitriles is 1. The lowest BCUT2D eigenvalue weighted by Gasteiger charge is -2.15. The molecule has 4 heteroatoms. The summed E-state index contributed by atoms with van der Waals surface area (Å²) < 4.78 is 5.41. The Morgan fingerprint density at radius 2 is 2.25 bits per heavy atom. The molecule has 0 saturated carbocycles. The first-order chi connectivity index (χ1) is 9.81. The van der Waals surface area contributed by atoms with Crippen molar-refractivity contribution in [1.29, 1.82) is 5.26 Å². The fourth-order valence-corrected chi connectivity index (χ4v) is 2.71. The van der Waals surface area contributed by atoms with Crippen molar-refractivity contribution >= 4 is 5.69 Å². The number of nitrogens with one attached hydrogen (secondary N) is 1. The van der Waals surface area contributed by atoms with Gasteiger partial charge in [0.05, 0.1) is 25.0 Å². The Morgan fingerprint density at radius 1 is 1.35 bits per heavy atom. The maximum atomic E-state index is 8.75. The van der Waals surface area contributed by atoms with E-state index in [0.29, 0.717) is 5.69 Å². The topological polar surface area (TPSA) is 57.9 Å². The largest absolute Gasteiger partial charge is 0.496 e. The number of anilines is 1. The second kappa shape index (κ2) is 5.22. The van der Waals surface area contributed by atoms with Crippen molar-refractivity contribution in [3.05, 3.63) is 53.3 Å². The van der Waals surface area contributed by atoms with Crippen molar-refractivity contribution in [2.24, 2.45) is 0 Å². The molecule has 3 rings (SSSR count). The second-order valence-electron chi connectivity index (χ2n) is 4.81. The van der Waals surface area contributed by atoms with Crippen LogP contribution in [-0.2, 0) is 6.42 Å². The lowest BCUT2D eigenvalue weighted by Crippen LogP contribution is -2.07. The molecule has 0 saturated heterocycles. The molecule has 20 heavy (non-hydrogen) atoms. The van der Waals surface area contributed by atoms with E-state index in [0.717, 1.165) is 24.3 Å². The van der Waals surface area contributed by atoms with E-state index >= 15 is 0 Å². The van der Waals surface area contributed by atoms with E-state index < -0.39 is 0 Å². The third kappa shape index (κ3) is 2.19. The molecular formula is C16H15N3O. The zero-order valence-corrected chi connectivity index (χ0v) is 11.3. The molecule has 1 aliphatic rings. The number of hydrogen-bond donors (Lipinski definition) is 1. The summed E-state index contributed by atoms with van der Waals surface area (Å²) in [5.74, 6) is 0.963. The van der Waals surface area contributed by atoms with Crippen LogP contribution in [0.1, 0.15) is 29.3 Å². The highest BCUT2D eigenvalue weighted by molar-refractivity contribution is 5.51. The molecule has 0 unspecified atom stereocenters. The van der Waals surface area contributed by atoms with Crippen molar-refractivity contribution in [1.82, 2.24) is 4.98 Å². The van der Waals surface area contributed by atoms with Gasteiger partial charge in [0.2, 0.25) is 0 Å². The van der Waals surface area contributed by atoms with Gasteiger partial charge in [0, 0.05) is 0 Å². The summed E-state index contributed by atoms with van der Waals surface area (Å²) in [4.78, 5) is 4.08. The summed E-state index contributed by atoms with van der Waals surface area (Å²) in [5.41, 5.74) is 3.94. The predicted octanol–water partition coefficient (Wildman–Crippen LogP) is 3.06. The average molecular weight is 265 g/mol. The fourth-order valence-electron chi connectivity index (χ4n) is 2.71. The summed E-state index contributed by atoms with van der Waals surface area (Å²) in [6.45, 7) is 0. The number of ether oxygens (including phenoxy) is 1. The van der Waals surface area contributed by atoms with E-state index in [1.54, 1.807) is 19.4 Å². The highest BCUT2D eigenvalue weighted by Gasteiger charge is 2.24. The fraction of sp³-hybridized carbons (Fsp3) is 0.250. The Kier molecular flexibility index (Phi) is 3.26. The number of hydrogen-bond acceptors (Lipinski definition) is 4. The van der Waals surface area contributed by atoms with Crippen LogP contribution in [0.5, 0.6) is 5.75 Å². The summed E-state index contributed by atoms with van der Waals surface area (Å²) >= 11 is 0. The molecule has 4 nitrogen and oxygen atoms in total. The Hall–Kier alpha value is -2.54. The molecule has 100 valence electrons. The normalized spacial score (nSPS) is 16.3. The molecule has 0 bridgehead atoms. The lowest BCUT2D eigenvalue weighted by molar-refractivity contribution is 0.410. The van der Waals surface area contributed by atoms with Crippen LogP contribution in [0, 0.1) is 11.3 Å². The zero-order chi connectivity index (χ0) is 13.9. The molecule has 0 radical (unpaired) electrons. The van der Waals surface area contributed by atoms with Crippen molar-refractivity contribution < 1.29 is 4.74 Å². The third-order valence-corrected chi connectivity index (χ3v) is 3.67. The van der Waals surface area contributed by atoms with Crippen LogP contribution in [-0.4, -0.2) is 12.1 Å². The molecule has 1 aliphatic carbocycles. The van der Waals surface area contributed by atoms with Gasteiger partial charge in [-0.2, -0.15) is 5.26 Å². The number of pyridine rings is 1. The van der Waals surface area contributed by atoms with Gasteiger partial charge in [0.15, 0.2) is 0 Å². The quantitative estimate of drug-likeness (QED) is 0.926. The Labute approximate surface area is 118 Å². The minimum atomic E-state index is 0.273. The molecule has 0 spiro atoms. The first kappa shape index (κ1) is 12.5. The van der Waals surface area contributed by atoms with Crippen LogP contribution in [0.15, 0.2) is 36.5 Å². The second-order valence-corrected chi connectivity index (χ2v) is 4.81. The first-order valence-corrected chi connectivity index (χ1v) is 6.60. The summed E-state index contributed by atoms with van der Waals surface area (Å²) in [6.07, 6.45) is 3.76. The van der Waals surface area contributed by atoms with Crippen molar-refractivity contribution in [2.45, 2.75) is 18.9 Å². The number of nitrogens with zero attached hydrogens (tertiary/aromatic N) is 2. The minimum Gasteiger partial charge on any atom is -0.496 e. The smallest absolute Gasteiger partial charge is 0.140 e. The van der Waals surface area contributed by atoms with Gasteiger partial charge in [-0.05, 0) is 42.2 Å². The van der Waals surface area contributed by atoms with E-state index in [4.69, 9.17) is 10.00 Å². The number of benzene rings is 1. The van der Waals surface area contributed by atoms with E-state index in [1.165, 1.54) is 11.1 Å². The Bertz CT molecular complexity index is 658. The van der Waals surface area contributed by atoms with Crippen LogP contribution < -0.4 is 10.1 Å². The SMILES string of the molecule is COc1cccc2c1CC[C@H]2Nc1ccc(C#N)nc1. The molecule has 0 fully saturated rings. The van der Waals surface area contributed by atoms with Gasteiger partial charge in [0.1, 0.15) is 17.5 Å². The summed E-state index contributed by atoms with van der Waals surface area (Å²) in [7, 11) is 1.71. The lowest BCUT2D eigenvalue weighted by atomic mass is 10.1. The molecule has 0 amide bonds. The molecule has 2 aromatic rings. The Balaban J connectivity index is 1.83. The van der Waals surface area contributed by atoms with Gasteiger partial charge < -0.3 is 10.1 Å². The molecule has 1 N–H and O–H groups in total. The van der Waals surface area contributed by atoms with Gasteiger partial charge in [-0.25, -0.2) is 4.98 Å². The maximum absolute atomic E-state index is 8.75. The monoisotopic (exact) mass is 265 g/mol. The zero-order valence-electron chi connectivity index (χ0n) is 11.3. The van der Waals surface area contributed by atoms with Gasteiger partial charge >= 0.3 is 0 Å². The van der Waals surface area contributed by atoms with Gasteiger partial charge in [-0.15, -0.1) is 0 Å². The molecule has 0 aliphatic heterocycles. The predicted molar refractivity (Wildman–Crippen MR) is 76.6 cm³/mol. The van der Waals surface area contributed by atoms with Crippen molar-refractivity contribution in [2.75, 3.05) is 12.4 Å². The van der Waals surface area contributed by atoms with Crippen LogP contribution in [0.3, 0.4) is 0 Å². The minimum absolute atomic E-state index is 0.273. The number of fused-ring (bicyclic) bond motifs is 1. The molecule has 1 atom stereocenters. The highest BCUT2D eigenvalue weighted by atomic mass is 16.5. The van der Waals surface area contributed by atoms with Crippen molar-refractivity contribution in [3.8, 4) is 11.8 Å². The first-order valence-electron chi connectivity index (χ1n) is 6.60. The van der Waals surface area contributed by atoms with Gasteiger partial charge in [0.25, 0.3) is 0 Å². The van der Waals surface area contributed by atoms with Crippen LogP contribution >= 0.6 is 0 Å². The van der Waals surface area contributed by atoms with Gasteiger partial charge in [-0.1, -0.05) is 12.1 Å². The molecule has 1 aromatic heterocycles. The highest BCUT2D eigenvalue weighted by Crippen LogP contribution is 2.38. The molecule has 1 aromatic carbocycles. The Morgan fingerprint density at radius 3 is 2.95 bits per heavy atom. The molecule has 1 heterocycles. The van der Waals surface area contributed by atoms with Crippen molar-refractivity contribution in [3.63, 3.8) is 0 Å².